The first-order valence-corrected chi connectivity index (χ1v) is 8.21. The molecule has 0 unspecified atom stereocenters. The van der Waals surface area contributed by atoms with Crippen LogP contribution in [0.25, 0.3) is 0 Å². The molecule has 0 saturated heterocycles. The second-order valence-electron chi connectivity index (χ2n) is 5.99. The van der Waals surface area contributed by atoms with Crippen LogP contribution in [0.5, 0.6) is 0 Å². The van der Waals surface area contributed by atoms with Gasteiger partial charge in [0.1, 0.15) is 5.82 Å². The zero-order chi connectivity index (χ0) is 18.5. The summed E-state index contributed by atoms with van der Waals surface area (Å²) in [7, 11) is 0. The molecule has 1 amide bonds. The van der Waals surface area contributed by atoms with E-state index >= 15 is 0 Å². The molecule has 0 bridgehead atoms. The molecule has 2 N–H and O–H groups in total. The minimum atomic E-state index is -0.299. The Labute approximate surface area is 151 Å². The highest BCUT2D eigenvalue weighted by Gasteiger charge is 2.07. The second kappa shape index (κ2) is 7.74. The number of anilines is 2. The molecule has 0 spiro atoms. The van der Waals surface area contributed by atoms with Crippen LogP contribution in [0.1, 0.15) is 27.3 Å². The van der Waals surface area contributed by atoms with Crippen LogP contribution in [-0.4, -0.2) is 15.9 Å². The molecule has 2 aromatic carbocycles. The molecular weight excluding hydrogens is 331 g/mol. The predicted molar refractivity (Wildman–Crippen MR) is 98.8 cm³/mol. The van der Waals surface area contributed by atoms with Gasteiger partial charge >= 0.3 is 0 Å². The van der Waals surface area contributed by atoms with Crippen molar-refractivity contribution in [1.82, 2.24) is 15.3 Å². The molecule has 0 aliphatic heterocycles. The van der Waals surface area contributed by atoms with Gasteiger partial charge in [-0.15, -0.1) is 0 Å². The first kappa shape index (κ1) is 17.5. The Morgan fingerprint density at radius 1 is 1.00 bits per heavy atom. The lowest BCUT2D eigenvalue weighted by Gasteiger charge is -2.09. The van der Waals surface area contributed by atoms with Crippen molar-refractivity contribution in [2.45, 2.75) is 20.4 Å². The number of rotatable bonds is 5. The number of carbonyl (C=O) groups is 1. The van der Waals surface area contributed by atoms with E-state index in [1.807, 2.05) is 26.0 Å². The van der Waals surface area contributed by atoms with Gasteiger partial charge in [0.25, 0.3) is 5.91 Å². The Morgan fingerprint density at radius 2 is 1.69 bits per heavy atom. The maximum absolute atomic E-state index is 12.9. The van der Waals surface area contributed by atoms with E-state index in [1.54, 1.807) is 30.3 Å². The molecule has 132 valence electrons. The highest BCUT2D eigenvalue weighted by molar-refractivity contribution is 5.95. The quantitative estimate of drug-likeness (QED) is 0.732. The van der Waals surface area contributed by atoms with Crippen LogP contribution in [0.15, 0.2) is 54.6 Å². The fourth-order valence-corrected chi connectivity index (χ4v) is 2.54. The molecule has 0 radical (unpaired) electrons. The van der Waals surface area contributed by atoms with Crippen LogP contribution in [0, 0.1) is 19.7 Å². The molecule has 0 atom stereocenters. The molecule has 6 heteroatoms. The molecule has 1 heterocycles. The number of carbonyl (C=O) groups excluding carboxylic acids is 1. The lowest BCUT2D eigenvalue weighted by atomic mass is 10.1. The molecule has 1 aromatic heterocycles. The van der Waals surface area contributed by atoms with Crippen molar-refractivity contribution in [3.8, 4) is 0 Å². The second-order valence-corrected chi connectivity index (χ2v) is 5.99. The molecule has 0 aliphatic carbocycles. The van der Waals surface area contributed by atoms with Gasteiger partial charge in [0, 0.05) is 29.2 Å². The van der Waals surface area contributed by atoms with Gasteiger partial charge in [0.05, 0.1) is 0 Å². The normalized spacial score (nSPS) is 10.4. The first-order chi connectivity index (χ1) is 12.5. The van der Waals surface area contributed by atoms with Crippen LogP contribution in [0.4, 0.5) is 16.0 Å². The van der Waals surface area contributed by atoms with Gasteiger partial charge in [-0.3, -0.25) is 4.79 Å². The highest BCUT2D eigenvalue weighted by atomic mass is 19.1. The third-order valence-electron chi connectivity index (χ3n) is 3.73. The maximum Gasteiger partial charge on any atom is 0.251 e. The van der Waals surface area contributed by atoms with Crippen LogP contribution in [0.3, 0.4) is 0 Å². The minimum absolute atomic E-state index is 0.209. The van der Waals surface area contributed by atoms with E-state index in [0.29, 0.717) is 18.1 Å². The molecule has 26 heavy (non-hydrogen) atoms. The minimum Gasteiger partial charge on any atom is -0.348 e. The third-order valence-corrected chi connectivity index (χ3v) is 3.73. The SMILES string of the molecule is Cc1cc(C)nc(Nc2cccc(C(=O)NCc3ccc(F)cc3)c2)n1. The molecule has 5 nitrogen and oxygen atoms in total. The summed E-state index contributed by atoms with van der Waals surface area (Å²) in [6, 6.07) is 15.0. The summed E-state index contributed by atoms with van der Waals surface area (Å²) >= 11 is 0. The summed E-state index contributed by atoms with van der Waals surface area (Å²) in [5.41, 5.74) is 3.81. The van der Waals surface area contributed by atoms with Gasteiger partial charge in [-0.1, -0.05) is 18.2 Å². The average Bonchev–Trinajstić information content (AvgIpc) is 2.60. The molecule has 3 aromatic rings. The summed E-state index contributed by atoms with van der Waals surface area (Å²) in [5, 5.41) is 5.94. The molecular formula is C20H19FN4O. The van der Waals surface area contributed by atoms with Crippen LogP contribution < -0.4 is 10.6 Å². The van der Waals surface area contributed by atoms with Crippen LogP contribution in [-0.2, 0) is 6.54 Å². The molecule has 0 aliphatic rings. The van der Waals surface area contributed by atoms with Gasteiger partial charge < -0.3 is 10.6 Å². The number of aromatic nitrogens is 2. The van der Waals surface area contributed by atoms with Crippen molar-refractivity contribution in [1.29, 1.82) is 0 Å². The lowest BCUT2D eigenvalue weighted by molar-refractivity contribution is 0.0951. The summed E-state index contributed by atoms with van der Waals surface area (Å²) in [4.78, 5) is 21.0. The number of nitrogens with zero attached hydrogens (tertiary/aromatic N) is 2. The van der Waals surface area contributed by atoms with Crippen molar-refractivity contribution in [3.63, 3.8) is 0 Å². The van der Waals surface area contributed by atoms with Gasteiger partial charge in [-0.25, -0.2) is 14.4 Å². The summed E-state index contributed by atoms with van der Waals surface area (Å²) in [6.45, 7) is 4.13. The zero-order valence-corrected chi connectivity index (χ0v) is 14.6. The van der Waals surface area contributed by atoms with E-state index in [0.717, 1.165) is 22.6 Å². The zero-order valence-electron chi connectivity index (χ0n) is 14.6. The summed E-state index contributed by atoms with van der Waals surface area (Å²) < 4.78 is 12.9. The summed E-state index contributed by atoms with van der Waals surface area (Å²) in [6.07, 6.45) is 0. The fourth-order valence-electron chi connectivity index (χ4n) is 2.54. The Hall–Kier alpha value is -3.28. The Kier molecular flexibility index (Phi) is 5.22. The largest absolute Gasteiger partial charge is 0.348 e. The van der Waals surface area contributed by atoms with E-state index in [9.17, 15) is 9.18 Å². The van der Waals surface area contributed by atoms with E-state index in [2.05, 4.69) is 20.6 Å². The smallest absolute Gasteiger partial charge is 0.251 e. The van der Waals surface area contributed by atoms with Crippen molar-refractivity contribution in [3.05, 3.63) is 82.9 Å². The van der Waals surface area contributed by atoms with E-state index in [1.165, 1.54) is 12.1 Å². The van der Waals surface area contributed by atoms with Crippen molar-refractivity contribution in [2.24, 2.45) is 0 Å². The third kappa shape index (κ3) is 4.63. The van der Waals surface area contributed by atoms with Gasteiger partial charge in [-0.2, -0.15) is 0 Å². The maximum atomic E-state index is 12.9. The number of halogens is 1. The average molecular weight is 350 g/mol. The first-order valence-electron chi connectivity index (χ1n) is 8.21. The molecule has 3 rings (SSSR count). The standard InChI is InChI=1S/C20H19FN4O/c1-13-10-14(2)24-20(23-13)25-18-5-3-4-16(11-18)19(26)22-12-15-6-8-17(21)9-7-15/h3-11H,12H2,1-2H3,(H,22,26)(H,23,24,25). The number of aryl methyl sites for hydroxylation is 2. The van der Waals surface area contributed by atoms with Gasteiger partial charge in [0.2, 0.25) is 5.95 Å². The molecule has 0 saturated carbocycles. The monoisotopic (exact) mass is 350 g/mol. The Bertz CT molecular complexity index is 905. The van der Waals surface area contributed by atoms with Gasteiger partial charge in [0.15, 0.2) is 0 Å². The van der Waals surface area contributed by atoms with Gasteiger partial charge in [-0.05, 0) is 55.8 Å². The molecule has 0 fully saturated rings. The Morgan fingerprint density at radius 3 is 2.38 bits per heavy atom. The number of amides is 1. The van der Waals surface area contributed by atoms with E-state index < -0.39 is 0 Å². The van der Waals surface area contributed by atoms with Crippen molar-refractivity contribution < 1.29 is 9.18 Å². The Balaban J connectivity index is 1.67. The van der Waals surface area contributed by atoms with Crippen molar-refractivity contribution >= 4 is 17.5 Å². The lowest BCUT2D eigenvalue weighted by Crippen LogP contribution is -2.22. The highest BCUT2D eigenvalue weighted by Crippen LogP contribution is 2.16. The van der Waals surface area contributed by atoms with Crippen molar-refractivity contribution in [2.75, 3.05) is 5.32 Å². The van der Waals surface area contributed by atoms with Crippen LogP contribution >= 0.6 is 0 Å². The van der Waals surface area contributed by atoms with E-state index in [-0.39, 0.29) is 11.7 Å². The summed E-state index contributed by atoms with van der Waals surface area (Å²) in [5.74, 6) is -0.0156. The van der Waals surface area contributed by atoms with Crippen LogP contribution in [0.2, 0.25) is 0 Å². The topological polar surface area (TPSA) is 66.9 Å². The number of hydrogen-bond donors (Lipinski definition) is 2. The van der Waals surface area contributed by atoms with E-state index in [4.69, 9.17) is 0 Å². The number of benzene rings is 2. The number of nitrogens with one attached hydrogen (secondary N) is 2. The number of hydrogen-bond acceptors (Lipinski definition) is 4. The predicted octanol–water partition coefficient (Wildman–Crippen LogP) is 3.91. The fraction of sp³-hybridized carbons (Fsp3) is 0.150.